The molecule has 2 nitrogen and oxygen atoms in total. The van der Waals surface area contributed by atoms with E-state index in [0.29, 0.717) is 5.88 Å². The van der Waals surface area contributed by atoms with Crippen molar-refractivity contribution in [1.29, 1.82) is 0 Å². The van der Waals surface area contributed by atoms with Gasteiger partial charge in [0.05, 0.1) is 13.2 Å². The fraction of sp³-hybridized carbons (Fsp3) is 0.455. The minimum absolute atomic E-state index is 0.666. The van der Waals surface area contributed by atoms with Gasteiger partial charge in [0.2, 0.25) is 0 Å². The summed E-state index contributed by atoms with van der Waals surface area (Å²) in [6.07, 6.45) is 0.943. The maximum absolute atomic E-state index is 5.64. The number of benzene rings is 1. The Labute approximate surface area is 98.9 Å². The van der Waals surface area contributed by atoms with Crippen molar-refractivity contribution in [1.82, 2.24) is 0 Å². The van der Waals surface area contributed by atoms with Crippen LogP contribution in [0.3, 0.4) is 0 Å². The zero-order valence-electron chi connectivity index (χ0n) is 8.37. The molecule has 82 valence electrons. The lowest BCUT2D eigenvalue weighted by molar-refractivity contribution is 0.297. The third kappa shape index (κ3) is 2.95. The van der Waals surface area contributed by atoms with Crippen LogP contribution in [0.4, 0.5) is 0 Å². The van der Waals surface area contributed by atoms with Gasteiger partial charge in [-0.15, -0.1) is 23.4 Å². The summed E-state index contributed by atoms with van der Waals surface area (Å²) >= 11 is 7.38. The van der Waals surface area contributed by atoms with Crippen LogP contribution >= 0.6 is 23.4 Å². The number of ether oxygens (including phenoxy) is 2. The van der Waals surface area contributed by atoms with Crippen LogP contribution in [0.5, 0.6) is 11.5 Å². The van der Waals surface area contributed by atoms with E-state index in [2.05, 4.69) is 0 Å². The van der Waals surface area contributed by atoms with Crippen molar-refractivity contribution in [2.24, 2.45) is 0 Å². The largest absolute Gasteiger partial charge is 0.490 e. The number of rotatable bonds is 3. The molecule has 2 rings (SSSR count). The van der Waals surface area contributed by atoms with Crippen LogP contribution in [0.2, 0.25) is 0 Å². The van der Waals surface area contributed by atoms with Crippen molar-refractivity contribution in [3.8, 4) is 11.5 Å². The summed E-state index contributed by atoms with van der Waals surface area (Å²) in [7, 11) is 0. The molecule has 0 aliphatic carbocycles. The molecule has 0 spiro atoms. The molecule has 0 fully saturated rings. The van der Waals surface area contributed by atoms with Gasteiger partial charge in [-0.25, -0.2) is 0 Å². The number of alkyl halides is 1. The van der Waals surface area contributed by atoms with Crippen LogP contribution in [-0.2, 0) is 0 Å². The Morgan fingerprint density at radius 3 is 2.80 bits per heavy atom. The van der Waals surface area contributed by atoms with E-state index in [1.165, 1.54) is 4.90 Å². The van der Waals surface area contributed by atoms with Crippen molar-refractivity contribution < 1.29 is 9.47 Å². The van der Waals surface area contributed by atoms with Crippen LogP contribution in [0.1, 0.15) is 6.42 Å². The molecule has 0 saturated heterocycles. The molecule has 0 amide bonds. The van der Waals surface area contributed by atoms with Crippen molar-refractivity contribution in [2.45, 2.75) is 11.3 Å². The Hall–Kier alpha value is -0.540. The topological polar surface area (TPSA) is 18.5 Å². The van der Waals surface area contributed by atoms with Crippen molar-refractivity contribution >= 4 is 23.4 Å². The van der Waals surface area contributed by atoms with E-state index in [-0.39, 0.29) is 0 Å². The van der Waals surface area contributed by atoms with E-state index >= 15 is 0 Å². The molecule has 0 saturated carbocycles. The minimum Gasteiger partial charge on any atom is -0.490 e. The third-order valence-corrected chi connectivity index (χ3v) is 3.47. The van der Waals surface area contributed by atoms with Crippen LogP contribution in [0.25, 0.3) is 0 Å². The summed E-state index contributed by atoms with van der Waals surface area (Å²) in [6.45, 7) is 1.47. The van der Waals surface area contributed by atoms with E-state index in [9.17, 15) is 0 Å². The van der Waals surface area contributed by atoms with Crippen LogP contribution in [-0.4, -0.2) is 24.8 Å². The Bertz CT molecular complexity index is 330. The Kier molecular flexibility index (Phi) is 4.03. The minimum atomic E-state index is 0.666. The van der Waals surface area contributed by atoms with Gasteiger partial charge in [0, 0.05) is 22.9 Å². The molecule has 15 heavy (non-hydrogen) atoms. The van der Waals surface area contributed by atoms with Gasteiger partial charge < -0.3 is 9.47 Å². The Morgan fingerprint density at radius 2 is 2.00 bits per heavy atom. The second-order valence-corrected chi connectivity index (χ2v) is 4.74. The average molecular weight is 245 g/mol. The van der Waals surface area contributed by atoms with E-state index in [0.717, 1.165) is 36.9 Å². The number of hydrogen-bond acceptors (Lipinski definition) is 3. The second kappa shape index (κ2) is 5.52. The first-order valence-corrected chi connectivity index (χ1v) is 6.50. The third-order valence-electron chi connectivity index (χ3n) is 2.06. The first-order chi connectivity index (χ1) is 7.40. The first kappa shape index (κ1) is 11.0. The number of thioether (sulfide) groups is 1. The van der Waals surface area contributed by atoms with Crippen molar-refractivity contribution in [2.75, 3.05) is 24.8 Å². The summed E-state index contributed by atoms with van der Waals surface area (Å²) in [4.78, 5) is 1.18. The van der Waals surface area contributed by atoms with Crippen LogP contribution in [0.15, 0.2) is 23.1 Å². The molecule has 0 bridgehead atoms. The molecular formula is C11H13ClO2S. The smallest absolute Gasteiger partial charge is 0.162 e. The van der Waals surface area contributed by atoms with E-state index in [1.54, 1.807) is 11.8 Å². The summed E-state index contributed by atoms with van der Waals surface area (Å²) < 4.78 is 11.1. The molecule has 4 heteroatoms. The van der Waals surface area contributed by atoms with Crippen LogP contribution < -0.4 is 9.47 Å². The molecule has 1 aromatic carbocycles. The lowest BCUT2D eigenvalue weighted by Crippen LogP contribution is -1.97. The molecule has 0 unspecified atom stereocenters. The van der Waals surface area contributed by atoms with Gasteiger partial charge >= 0.3 is 0 Å². The number of halogens is 1. The predicted octanol–water partition coefficient (Wildman–Crippen LogP) is 3.18. The van der Waals surface area contributed by atoms with Gasteiger partial charge in [-0.2, -0.15) is 0 Å². The van der Waals surface area contributed by atoms with Gasteiger partial charge in [0.15, 0.2) is 11.5 Å². The van der Waals surface area contributed by atoms with Gasteiger partial charge in [0.25, 0.3) is 0 Å². The predicted molar refractivity (Wildman–Crippen MR) is 63.5 cm³/mol. The van der Waals surface area contributed by atoms with E-state index < -0.39 is 0 Å². The first-order valence-electron chi connectivity index (χ1n) is 4.98. The highest BCUT2D eigenvalue weighted by molar-refractivity contribution is 7.99. The van der Waals surface area contributed by atoms with E-state index in [4.69, 9.17) is 21.1 Å². The quantitative estimate of drug-likeness (QED) is 0.601. The van der Waals surface area contributed by atoms with Crippen molar-refractivity contribution in [3.63, 3.8) is 0 Å². The zero-order valence-corrected chi connectivity index (χ0v) is 9.94. The Morgan fingerprint density at radius 1 is 1.20 bits per heavy atom. The standard InChI is InChI=1S/C11H13ClO2S/c12-4-7-15-9-2-3-10-11(8-9)14-6-1-5-13-10/h2-3,8H,1,4-7H2. The average Bonchev–Trinajstić information content (AvgIpc) is 2.50. The molecule has 1 aliphatic heterocycles. The van der Waals surface area contributed by atoms with Gasteiger partial charge in [0.1, 0.15) is 0 Å². The number of fused-ring (bicyclic) bond motifs is 1. The fourth-order valence-corrected chi connectivity index (χ4v) is 2.29. The highest BCUT2D eigenvalue weighted by Gasteiger charge is 2.10. The SMILES string of the molecule is ClCCSc1ccc2c(c1)OCCCO2. The molecule has 1 aromatic rings. The van der Waals surface area contributed by atoms with Gasteiger partial charge in [-0.1, -0.05) is 0 Å². The number of hydrogen-bond donors (Lipinski definition) is 0. The summed E-state index contributed by atoms with van der Waals surface area (Å²) in [6, 6.07) is 6.04. The molecule has 1 aliphatic rings. The summed E-state index contributed by atoms with van der Waals surface area (Å²) in [5, 5.41) is 0. The molecule has 1 heterocycles. The fourth-order valence-electron chi connectivity index (χ4n) is 1.39. The normalized spacial score (nSPS) is 14.7. The second-order valence-electron chi connectivity index (χ2n) is 3.20. The molecule has 0 N–H and O–H groups in total. The van der Waals surface area contributed by atoms with Gasteiger partial charge in [-0.05, 0) is 18.2 Å². The molecular weight excluding hydrogens is 232 g/mol. The zero-order chi connectivity index (χ0) is 10.5. The maximum Gasteiger partial charge on any atom is 0.162 e. The van der Waals surface area contributed by atoms with Crippen LogP contribution in [0, 0.1) is 0 Å². The summed E-state index contributed by atoms with van der Waals surface area (Å²) in [5.74, 6) is 3.29. The van der Waals surface area contributed by atoms with Crippen molar-refractivity contribution in [3.05, 3.63) is 18.2 Å². The monoisotopic (exact) mass is 244 g/mol. The summed E-state index contributed by atoms with van der Waals surface area (Å²) in [5.41, 5.74) is 0. The van der Waals surface area contributed by atoms with E-state index in [1.807, 2.05) is 18.2 Å². The lowest BCUT2D eigenvalue weighted by atomic mass is 10.3. The molecule has 0 atom stereocenters. The maximum atomic E-state index is 5.64. The highest BCUT2D eigenvalue weighted by Crippen LogP contribution is 2.33. The van der Waals surface area contributed by atoms with Gasteiger partial charge in [-0.3, -0.25) is 0 Å². The molecule has 0 aromatic heterocycles. The highest BCUT2D eigenvalue weighted by atomic mass is 35.5. The lowest BCUT2D eigenvalue weighted by Gasteiger charge is -2.08. The molecule has 0 radical (unpaired) electrons. The Balaban J connectivity index is 2.13.